The molecule has 7 heteroatoms. The standard InChI is InChI=1S/C12H10Cl2N2O2S/c13-10-6-8(7-11(14)12(10)15)16-19(17,18)9-4-2-1-3-5-9/h1-7,16H,15H2. The van der Waals surface area contributed by atoms with Crippen molar-refractivity contribution in [3.8, 4) is 0 Å². The quantitative estimate of drug-likeness (QED) is 0.853. The highest BCUT2D eigenvalue weighted by Crippen LogP contribution is 2.31. The van der Waals surface area contributed by atoms with Crippen LogP contribution in [0, 0.1) is 0 Å². The lowest BCUT2D eigenvalue weighted by Crippen LogP contribution is -2.12. The van der Waals surface area contributed by atoms with E-state index in [0.29, 0.717) is 0 Å². The molecule has 4 nitrogen and oxygen atoms in total. The van der Waals surface area contributed by atoms with Crippen molar-refractivity contribution in [3.63, 3.8) is 0 Å². The minimum atomic E-state index is -3.67. The van der Waals surface area contributed by atoms with Gasteiger partial charge in [0.1, 0.15) is 0 Å². The Balaban J connectivity index is 2.37. The lowest BCUT2D eigenvalue weighted by atomic mass is 10.3. The minimum Gasteiger partial charge on any atom is -0.396 e. The van der Waals surface area contributed by atoms with E-state index in [0.717, 1.165) is 0 Å². The summed E-state index contributed by atoms with van der Waals surface area (Å²) in [6.07, 6.45) is 0. The molecule has 2 rings (SSSR count). The maximum Gasteiger partial charge on any atom is 0.261 e. The first-order chi connectivity index (χ1) is 8.90. The van der Waals surface area contributed by atoms with Gasteiger partial charge in [0.05, 0.1) is 26.3 Å². The number of sulfonamides is 1. The minimum absolute atomic E-state index is 0.152. The van der Waals surface area contributed by atoms with Crippen molar-refractivity contribution in [3.05, 3.63) is 52.5 Å². The molecule has 0 aliphatic heterocycles. The fourth-order valence-electron chi connectivity index (χ4n) is 1.46. The third kappa shape index (κ3) is 3.12. The van der Waals surface area contributed by atoms with Gasteiger partial charge in [-0.15, -0.1) is 0 Å². The molecular formula is C12H10Cl2N2O2S. The van der Waals surface area contributed by atoms with Gasteiger partial charge in [-0.05, 0) is 24.3 Å². The van der Waals surface area contributed by atoms with Gasteiger partial charge in [-0.1, -0.05) is 41.4 Å². The smallest absolute Gasteiger partial charge is 0.261 e. The Morgan fingerprint density at radius 3 is 2.05 bits per heavy atom. The number of halogens is 2. The molecule has 0 amide bonds. The van der Waals surface area contributed by atoms with Crippen LogP contribution in [-0.4, -0.2) is 8.42 Å². The molecule has 0 saturated carbocycles. The Hall–Kier alpha value is -1.43. The van der Waals surface area contributed by atoms with E-state index in [-0.39, 0.29) is 26.3 Å². The van der Waals surface area contributed by atoms with Crippen LogP contribution in [0.3, 0.4) is 0 Å². The normalized spacial score (nSPS) is 11.3. The second-order valence-electron chi connectivity index (χ2n) is 3.77. The summed E-state index contributed by atoms with van der Waals surface area (Å²) in [5.74, 6) is 0. The Morgan fingerprint density at radius 1 is 1.00 bits per heavy atom. The van der Waals surface area contributed by atoms with Gasteiger partial charge < -0.3 is 5.73 Å². The molecule has 0 aliphatic carbocycles. The maximum absolute atomic E-state index is 12.1. The molecule has 0 saturated heterocycles. The monoisotopic (exact) mass is 316 g/mol. The highest BCUT2D eigenvalue weighted by atomic mass is 35.5. The van der Waals surface area contributed by atoms with Crippen molar-refractivity contribution in [1.82, 2.24) is 0 Å². The SMILES string of the molecule is Nc1c(Cl)cc(NS(=O)(=O)c2ccccc2)cc1Cl. The van der Waals surface area contributed by atoms with E-state index in [1.54, 1.807) is 18.2 Å². The third-order valence-electron chi connectivity index (χ3n) is 2.38. The number of hydrogen-bond acceptors (Lipinski definition) is 3. The Labute approximate surface area is 121 Å². The highest BCUT2D eigenvalue weighted by Gasteiger charge is 2.15. The second-order valence-corrected chi connectivity index (χ2v) is 6.27. The molecular weight excluding hydrogens is 307 g/mol. The Bertz CT molecular complexity index is 680. The zero-order chi connectivity index (χ0) is 14.0. The molecule has 0 aromatic heterocycles. The number of anilines is 2. The lowest BCUT2D eigenvalue weighted by molar-refractivity contribution is 0.601. The van der Waals surface area contributed by atoms with Crippen molar-refractivity contribution in [1.29, 1.82) is 0 Å². The largest absolute Gasteiger partial charge is 0.396 e. The van der Waals surface area contributed by atoms with Crippen LogP contribution in [0.4, 0.5) is 11.4 Å². The van der Waals surface area contributed by atoms with Crippen LogP contribution in [0.1, 0.15) is 0 Å². The van der Waals surface area contributed by atoms with E-state index >= 15 is 0 Å². The van der Waals surface area contributed by atoms with Crippen LogP contribution in [-0.2, 0) is 10.0 Å². The molecule has 0 spiro atoms. The Kier molecular flexibility index (Phi) is 3.89. The summed E-state index contributed by atoms with van der Waals surface area (Å²) < 4.78 is 26.6. The van der Waals surface area contributed by atoms with Gasteiger partial charge >= 0.3 is 0 Å². The van der Waals surface area contributed by atoms with Crippen molar-refractivity contribution in [2.45, 2.75) is 4.90 Å². The molecule has 0 heterocycles. The third-order valence-corrected chi connectivity index (χ3v) is 4.41. The molecule has 100 valence electrons. The van der Waals surface area contributed by atoms with E-state index in [1.165, 1.54) is 24.3 Å². The fraction of sp³-hybridized carbons (Fsp3) is 0. The number of nitrogens with one attached hydrogen (secondary N) is 1. The lowest BCUT2D eigenvalue weighted by Gasteiger charge is -2.10. The average Bonchev–Trinajstić information content (AvgIpc) is 2.36. The predicted octanol–water partition coefficient (Wildman–Crippen LogP) is 3.38. The second kappa shape index (κ2) is 5.28. The van der Waals surface area contributed by atoms with Crippen molar-refractivity contribution in [2.75, 3.05) is 10.5 Å². The molecule has 2 aromatic rings. The summed E-state index contributed by atoms with van der Waals surface area (Å²) in [5.41, 5.74) is 6.06. The van der Waals surface area contributed by atoms with Gasteiger partial charge in [0.2, 0.25) is 0 Å². The predicted molar refractivity (Wildman–Crippen MR) is 78.1 cm³/mol. The number of nitrogen functional groups attached to an aromatic ring is 1. The van der Waals surface area contributed by atoms with Gasteiger partial charge in [0, 0.05) is 0 Å². The van der Waals surface area contributed by atoms with Gasteiger partial charge in [-0.3, -0.25) is 4.72 Å². The molecule has 0 bridgehead atoms. The molecule has 0 aliphatic rings. The van der Waals surface area contributed by atoms with Crippen LogP contribution in [0.2, 0.25) is 10.0 Å². The summed E-state index contributed by atoms with van der Waals surface area (Å²) >= 11 is 11.7. The number of hydrogen-bond donors (Lipinski definition) is 2. The molecule has 0 fully saturated rings. The van der Waals surface area contributed by atoms with Crippen LogP contribution >= 0.6 is 23.2 Å². The van der Waals surface area contributed by atoms with Crippen LogP contribution in [0.25, 0.3) is 0 Å². The first kappa shape index (κ1) is 14.0. The first-order valence-corrected chi connectivity index (χ1v) is 7.46. The maximum atomic E-state index is 12.1. The van der Waals surface area contributed by atoms with Crippen LogP contribution in [0.5, 0.6) is 0 Å². The summed E-state index contributed by atoms with van der Waals surface area (Å²) in [6.45, 7) is 0. The molecule has 19 heavy (non-hydrogen) atoms. The van der Waals surface area contributed by atoms with Crippen LogP contribution in [0.15, 0.2) is 47.4 Å². The molecule has 0 atom stereocenters. The van der Waals surface area contributed by atoms with E-state index in [4.69, 9.17) is 28.9 Å². The number of rotatable bonds is 3. The van der Waals surface area contributed by atoms with Gasteiger partial charge in [-0.2, -0.15) is 0 Å². The topological polar surface area (TPSA) is 72.2 Å². The van der Waals surface area contributed by atoms with Crippen molar-refractivity contribution in [2.24, 2.45) is 0 Å². The summed E-state index contributed by atoms with van der Waals surface area (Å²) in [7, 11) is -3.67. The summed E-state index contributed by atoms with van der Waals surface area (Å²) in [5, 5.41) is 0.386. The Morgan fingerprint density at radius 2 is 1.53 bits per heavy atom. The van der Waals surface area contributed by atoms with Gasteiger partial charge in [-0.25, -0.2) is 8.42 Å². The van der Waals surface area contributed by atoms with E-state index in [9.17, 15) is 8.42 Å². The molecule has 2 aromatic carbocycles. The van der Waals surface area contributed by atoms with Gasteiger partial charge in [0.25, 0.3) is 10.0 Å². The number of nitrogens with two attached hydrogens (primary N) is 1. The number of benzene rings is 2. The van der Waals surface area contributed by atoms with E-state index in [2.05, 4.69) is 4.72 Å². The van der Waals surface area contributed by atoms with Crippen molar-refractivity contribution < 1.29 is 8.42 Å². The van der Waals surface area contributed by atoms with Crippen molar-refractivity contribution >= 4 is 44.6 Å². The highest BCUT2D eigenvalue weighted by molar-refractivity contribution is 7.92. The summed E-state index contributed by atoms with van der Waals surface area (Å²) in [6, 6.07) is 10.8. The van der Waals surface area contributed by atoms with Gasteiger partial charge in [0.15, 0.2) is 0 Å². The summed E-state index contributed by atoms with van der Waals surface area (Å²) in [4.78, 5) is 0.152. The molecule has 3 N–H and O–H groups in total. The zero-order valence-corrected chi connectivity index (χ0v) is 11.9. The average molecular weight is 317 g/mol. The van der Waals surface area contributed by atoms with E-state index in [1.807, 2.05) is 0 Å². The van der Waals surface area contributed by atoms with E-state index < -0.39 is 10.0 Å². The molecule has 0 unspecified atom stereocenters. The molecule has 0 radical (unpaired) electrons. The van der Waals surface area contributed by atoms with Crippen LogP contribution < -0.4 is 10.5 Å². The fourth-order valence-corrected chi connectivity index (χ4v) is 3.01. The zero-order valence-electron chi connectivity index (χ0n) is 9.60. The first-order valence-electron chi connectivity index (χ1n) is 5.22.